The number of halogens is 1. The Hall–Kier alpha value is -4.87. The maximum absolute atomic E-state index is 14.1. The Morgan fingerprint density at radius 1 is 1.05 bits per heavy atom. The highest BCUT2D eigenvalue weighted by Gasteiger charge is 2.30. The lowest BCUT2D eigenvalue weighted by atomic mass is 10.1. The largest absolute Gasteiger partial charge is 0.481 e. The van der Waals surface area contributed by atoms with Crippen LogP contribution >= 0.6 is 0 Å². The van der Waals surface area contributed by atoms with E-state index in [1.54, 1.807) is 17.6 Å². The lowest BCUT2D eigenvalue weighted by Gasteiger charge is -2.21. The first kappa shape index (κ1) is 26.4. The third-order valence-electron chi connectivity index (χ3n) is 6.86. The summed E-state index contributed by atoms with van der Waals surface area (Å²) < 4.78 is 23.2. The summed E-state index contributed by atoms with van der Waals surface area (Å²) >= 11 is 0. The van der Waals surface area contributed by atoms with Crippen LogP contribution in [0.3, 0.4) is 0 Å². The molecule has 3 aromatic carbocycles. The van der Waals surface area contributed by atoms with Gasteiger partial charge in [0.2, 0.25) is 11.7 Å². The van der Waals surface area contributed by atoms with Crippen LogP contribution in [-0.4, -0.2) is 36.0 Å². The number of aliphatic hydroxyl groups excluding tert-OH is 1. The normalized spacial score (nSPS) is 13.3. The molecule has 0 amide bonds. The summed E-state index contributed by atoms with van der Waals surface area (Å²) in [5, 5.41) is 18.7. The molecule has 0 aliphatic carbocycles. The van der Waals surface area contributed by atoms with E-state index in [0.29, 0.717) is 36.1 Å². The number of aromatic nitrogens is 5. The molecule has 208 valence electrons. The topological polar surface area (TPSA) is 110 Å². The second-order valence-corrected chi connectivity index (χ2v) is 9.64. The van der Waals surface area contributed by atoms with E-state index < -0.39 is 12.0 Å². The van der Waals surface area contributed by atoms with Crippen LogP contribution in [0, 0.1) is 12.7 Å². The molecule has 3 heterocycles. The molecular formula is C30H28FN7O3. The second kappa shape index (κ2) is 11.3. The molecule has 0 saturated carbocycles. The van der Waals surface area contributed by atoms with Gasteiger partial charge in [-0.15, -0.1) is 0 Å². The highest BCUT2D eigenvalue weighted by Crippen LogP contribution is 2.31. The number of nitrogens with zero attached hydrogens (tertiary/aromatic N) is 6. The molecule has 1 unspecified atom stereocenters. The van der Waals surface area contributed by atoms with Gasteiger partial charge < -0.3 is 14.7 Å². The zero-order valence-electron chi connectivity index (χ0n) is 22.3. The summed E-state index contributed by atoms with van der Waals surface area (Å²) in [6.45, 7) is 2.97. The number of aryl methyl sites for hydroxylation is 1. The number of ether oxygens (including phenoxy) is 1. The van der Waals surface area contributed by atoms with Gasteiger partial charge in [-0.3, -0.25) is 14.7 Å². The number of aliphatic hydroxyl groups is 1. The molecule has 11 heteroatoms. The molecule has 2 aromatic heterocycles. The van der Waals surface area contributed by atoms with E-state index in [0.717, 1.165) is 11.3 Å². The van der Waals surface area contributed by atoms with E-state index in [1.165, 1.54) is 23.1 Å². The molecule has 5 aromatic rings. The average molecular weight is 554 g/mol. The molecule has 6 rings (SSSR count). The van der Waals surface area contributed by atoms with Gasteiger partial charge in [0.1, 0.15) is 30.3 Å². The standard InChI is InChI=1S/C30H28FN7O3/c1-20-33-19-38(35-20)25-16-23(31)13-12-22(25)17-32-28(39)26-27(41-18-21-8-4-2-5-9-21)29(40)37-15-14-36(30(37)34-26)24-10-6-3-7-11-24/h2-13,16,19,28,32,39H,14-15,17-18H2,1H3. The summed E-state index contributed by atoms with van der Waals surface area (Å²) in [6, 6.07) is 23.4. The van der Waals surface area contributed by atoms with E-state index in [-0.39, 0.29) is 30.2 Å². The molecule has 0 bridgehead atoms. The molecule has 2 N–H and O–H groups in total. The number of anilines is 2. The summed E-state index contributed by atoms with van der Waals surface area (Å²) in [5.41, 5.74) is 2.59. The molecular weight excluding hydrogens is 525 g/mol. The fourth-order valence-corrected chi connectivity index (χ4v) is 4.82. The second-order valence-electron chi connectivity index (χ2n) is 9.64. The number of benzene rings is 3. The molecule has 1 aliphatic heterocycles. The van der Waals surface area contributed by atoms with Crippen molar-refractivity contribution in [3.63, 3.8) is 0 Å². The van der Waals surface area contributed by atoms with Crippen molar-refractivity contribution in [2.45, 2.75) is 32.8 Å². The minimum Gasteiger partial charge on any atom is -0.481 e. The van der Waals surface area contributed by atoms with Crippen LogP contribution in [0.2, 0.25) is 0 Å². The molecule has 1 aliphatic rings. The number of hydrogen-bond acceptors (Lipinski definition) is 8. The van der Waals surface area contributed by atoms with Crippen LogP contribution < -0.4 is 20.5 Å². The maximum Gasteiger partial charge on any atom is 0.297 e. The quantitative estimate of drug-likeness (QED) is 0.266. The molecule has 41 heavy (non-hydrogen) atoms. The van der Waals surface area contributed by atoms with Crippen LogP contribution in [0.5, 0.6) is 5.75 Å². The number of hydrogen-bond donors (Lipinski definition) is 2. The summed E-state index contributed by atoms with van der Waals surface area (Å²) in [4.78, 5) is 24.5. The van der Waals surface area contributed by atoms with Crippen molar-refractivity contribution in [3.8, 4) is 11.4 Å². The van der Waals surface area contributed by atoms with Gasteiger partial charge in [-0.1, -0.05) is 54.6 Å². The maximum atomic E-state index is 14.1. The van der Waals surface area contributed by atoms with Gasteiger partial charge in [0.05, 0.1) is 5.69 Å². The SMILES string of the molecule is Cc1ncn(-c2cc(F)ccc2CNC(O)c2nc3n(c(=O)c2OCc2ccccc2)CCN3c2ccccc2)n1. The minimum absolute atomic E-state index is 0.0289. The summed E-state index contributed by atoms with van der Waals surface area (Å²) in [5.74, 6) is 0.506. The van der Waals surface area contributed by atoms with Gasteiger partial charge in [0.15, 0.2) is 6.23 Å². The van der Waals surface area contributed by atoms with Crippen LogP contribution in [-0.2, 0) is 19.7 Å². The number of nitrogens with one attached hydrogen (secondary N) is 1. The van der Waals surface area contributed by atoms with Gasteiger partial charge in [-0.2, -0.15) is 5.10 Å². The Bertz CT molecular complexity index is 1720. The third-order valence-corrected chi connectivity index (χ3v) is 6.86. The Balaban J connectivity index is 1.34. The highest BCUT2D eigenvalue weighted by atomic mass is 19.1. The van der Waals surface area contributed by atoms with Crippen molar-refractivity contribution in [2.75, 3.05) is 11.4 Å². The lowest BCUT2D eigenvalue weighted by Crippen LogP contribution is -2.29. The summed E-state index contributed by atoms with van der Waals surface area (Å²) in [7, 11) is 0. The number of fused-ring (bicyclic) bond motifs is 1. The fraction of sp³-hybridized carbons (Fsp3) is 0.200. The molecule has 0 saturated heterocycles. The first-order chi connectivity index (χ1) is 20.0. The lowest BCUT2D eigenvalue weighted by molar-refractivity contribution is 0.126. The molecule has 0 spiro atoms. The molecule has 10 nitrogen and oxygen atoms in total. The highest BCUT2D eigenvalue weighted by molar-refractivity contribution is 5.60. The average Bonchev–Trinajstić information content (AvgIpc) is 3.63. The van der Waals surface area contributed by atoms with Crippen molar-refractivity contribution < 1.29 is 14.2 Å². The van der Waals surface area contributed by atoms with Crippen molar-refractivity contribution in [1.82, 2.24) is 29.6 Å². The number of rotatable bonds is 9. The molecule has 1 atom stereocenters. The third kappa shape index (κ3) is 5.45. The van der Waals surface area contributed by atoms with Gasteiger partial charge >= 0.3 is 0 Å². The Morgan fingerprint density at radius 3 is 2.54 bits per heavy atom. The number of para-hydroxylation sites is 1. The first-order valence-electron chi connectivity index (χ1n) is 13.2. The van der Waals surface area contributed by atoms with Crippen LogP contribution in [0.1, 0.15) is 28.9 Å². The molecule has 0 fully saturated rings. The van der Waals surface area contributed by atoms with E-state index in [4.69, 9.17) is 9.72 Å². The van der Waals surface area contributed by atoms with Crippen molar-refractivity contribution in [2.24, 2.45) is 0 Å². The van der Waals surface area contributed by atoms with Crippen LogP contribution in [0.4, 0.5) is 16.0 Å². The van der Waals surface area contributed by atoms with Crippen molar-refractivity contribution in [3.05, 3.63) is 124 Å². The smallest absolute Gasteiger partial charge is 0.297 e. The predicted octanol–water partition coefficient (Wildman–Crippen LogP) is 3.78. The monoisotopic (exact) mass is 553 g/mol. The Morgan fingerprint density at radius 2 is 1.80 bits per heavy atom. The summed E-state index contributed by atoms with van der Waals surface area (Å²) in [6.07, 6.45) is 0.133. The van der Waals surface area contributed by atoms with Crippen LogP contribution in [0.25, 0.3) is 5.69 Å². The van der Waals surface area contributed by atoms with Gasteiger partial charge in [-0.25, -0.2) is 19.0 Å². The predicted molar refractivity (Wildman–Crippen MR) is 151 cm³/mol. The van der Waals surface area contributed by atoms with Gasteiger partial charge in [0.25, 0.3) is 5.56 Å². The first-order valence-corrected chi connectivity index (χ1v) is 13.2. The van der Waals surface area contributed by atoms with Crippen molar-refractivity contribution in [1.29, 1.82) is 0 Å². The van der Waals surface area contributed by atoms with Gasteiger partial charge in [-0.05, 0) is 42.3 Å². The van der Waals surface area contributed by atoms with E-state index in [2.05, 4.69) is 15.4 Å². The minimum atomic E-state index is -1.37. The fourth-order valence-electron chi connectivity index (χ4n) is 4.82. The van der Waals surface area contributed by atoms with E-state index in [1.807, 2.05) is 65.6 Å². The van der Waals surface area contributed by atoms with Crippen molar-refractivity contribution >= 4 is 11.6 Å². The molecule has 0 radical (unpaired) electrons. The zero-order valence-corrected chi connectivity index (χ0v) is 22.3. The van der Waals surface area contributed by atoms with E-state index in [9.17, 15) is 14.3 Å². The van der Waals surface area contributed by atoms with Crippen LogP contribution in [0.15, 0.2) is 90.0 Å². The zero-order chi connectivity index (χ0) is 28.3. The van der Waals surface area contributed by atoms with E-state index >= 15 is 0 Å². The Labute approximate surface area is 235 Å². The Kier molecular flexibility index (Phi) is 7.28. The van der Waals surface area contributed by atoms with Gasteiger partial charge in [0, 0.05) is 25.3 Å².